The van der Waals surface area contributed by atoms with Crippen molar-refractivity contribution in [2.45, 2.75) is 46.6 Å². The molecule has 0 atom stereocenters. The Morgan fingerprint density at radius 2 is 2.00 bits per heavy atom. The number of anilines is 1. The van der Waals surface area contributed by atoms with E-state index < -0.39 is 0 Å². The smallest absolute Gasteiger partial charge is 0.163 e. The fourth-order valence-corrected chi connectivity index (χ4v) is 2.56. The van der Waals surface area contributed by atoms with E-state index in [4.69, 9.17) is 4.52 Å². The van der Waals surface area contributed by atoms with Gasteiger partial charge in [0.1, 0.15) is 11.6 Å². The Bertz CT molecular complexity index is 833. The van der Waals surface area contributed by atoms with Crippen molar-refractivity contribution in [2.24, 2.45) is 13.0 Å². The average Bonchev–Trinajstić information content (AvgIpc) is 3.11. The second-order valence-electron chi connectivity index (χ2n) is 6.83. The molecule has 0 aliphatic rings. The van der Waals surface area contributed by atoms with Crippen LogP contribution < -0.4 is 5.32 Å². The van der Waals surface area contributed by atoms with E-state index in [0.29, 0.717) is 12.5 Å². The minimum absolute atomic E-state index is 0.243. The van der Waals surface area contributed by atoms with E-state index in [1.807, 2.05) is 13.1 Å². The van der Waals surface area contributed by atoms with Crippen LogP contribution in [0.3, 0.4) is 0 Å². The summed E-state index contributed by atoms with van der Waals surface area (Å²) in [6, 6.07) is 2.00. The fourth-order valence-electron chi connectivity index (χ4n) is 2.56. The third-order valence-corrected chi connectivity index (χ3v) is 3.78. The lowest BCUT2D eigenvalue weighted by molar-refractivity contribution is 0.378. The highest BCUT2D eigenvalue weighted by Gasteiger charge is 2.14. The van der Waals surface area contributed by atoms with Gasteiger partial charge in [0.25, 0.3) is 0 Å². The van der Waals surface area contributed by atoms with E-state index >= 15 is 0 Å². The van der Waals surface area contributed by atoms with Crippen molar-refractivity contribution in [3.05, 3.63) is 29.5 Å². The highest BCUT2D eigenvalue weighted by molar-refractivity contribution is 5.86. The number of nitrogens with zero attached hydrogens (tertiary/aromatic N) is 5. The normalized spacial score (nSPS) is 11.8. The van der Waals surface area contributed by atoms with Crippen LogP contribution in [0.4, 0.5) is 5.82 Å². The van der Waals surface area contributed by atoms with Crippen molar-refractivity contribution in [3.63, 3.8) is 0 Å². The zero-order valence-electron chi connectivity index (χ0n) is 14.9. The van der Waals surface area contributed by atoms with E-state index in [2.05, 4.69) is 53.2 Å². The molecule has 0 aliphatic carbocycles. The summed E-state index contributed by atoms with van der Waals surface area (Å²) in [5, 5.41) is 12.7. The zero-order chi connectivity index (χ0) is 17.3. The van der Waals surface area contributed by atoms with Gasteiger partial charge in [0, 0.05) is 19.0 Å². The largest absolute Gasteiger partial charge is 0.362 e. The summed E-state index contributed by atoms with van der Waals surface area (Å²) in [5.41, 5.74) is 1.81. The van der Waals surface area contributed by atoms with Gasteiger partial charge < -0.3 is 9.84 Å². The summed E-state index contributed by atoms with van der Waals surface area (Å²) in [7, 11) is 1.89. The predicted molar refractivity (Wildman–Crippen MR) is 92.8 cm³/mol. The van der Waals surface area contributed by atoms with E-state index in [0.717, 1.165) is 40.6 Å². The van der Waals surface area contributed by atoms with Crippen LogP contribution in [0.2, 0.25) is 0 Å². The molecule has 0 aliphatic heterocycles. The molecule has 0 bridgehead atoms. The first-order valence-electron chi connectivity index (χ1n) is 8.32. The van der Waals surface area contributed by atoms with Gasteiger partial charge in [-0.3, -0.25) is 4.68 Å². The summed E-state index contributed by atoms with van der Waals surface area (Å²) < 4.78 is 7.17. The summed E-state index contributed by atoms with van der Waals surface area (Å²) in [6.45, 7) is 9.02. The Balaban J connectivity index is 1.83. The van der Waals surface area contributed by atoms with Crippen molar-refractivity contribution in [1.82, 2.24) is 24.9 Å². The first-order chi connectivity index (χ1) is 11.4. The van der Waals surface area contributed by atoms with Gasteiger partial charge in [0.2, 0.25) is 0 Å². The monoisotopic (exact) mass is 328 g/mol. The maximum absolute atomic E-state index is 5.41. The highest BCUT2D eigenvalue weighted by atomic mass is 16.5. The minimum Gasteiger partial charge on any atom is -0.362 e. The van der Waals surface area contributed by atoms with Crippen LogP contribution in [0.15, 0.2) is 16.8 Å². The first-order valence-corrected chi connectivity index (χ1v) is 8.32. The first kappa shape index (κ1) is 16.4. The molecule has 7 heteroatoms. The molecular formula is C17H24N6O. The molecule has 3 aromatic rings. The number of rotatable bonds is 6. The Labute approximate surface area is 141 Å². The van der Waals surface area contributed by atoms with Crippen LogP contribution in [0, 0.1) is 5.92 Å². The lowest BCUT2D eigenvalue weighted by atomic mass is 10.1. The lowest BCUT2D eigenvalue weighted by Crippen LogP contribution is -2.07. The van der Waals surface area contributed by atoms with Gasteiger partial charge in [0.05, 0.1) is 23.8 Å². The quantitative estimate of drug-likeness (QED) is 0.748. The van der Waals surface area contributed by atoms with Crippen LogP contribution >= 0.6 is 0 Å². The Morgan fingerprint density at radius 3 is 2.71 bits per heavy atom. The number of aromatic nitrogens is 5. The number of nitrogens with one attached hydrogen (secondary N) is 1. The second kappa shape index (κ2) is 6.59. The number of fused-ring (bicyclic) bond motifs is 1. The van der Waals surface area contributed by atoms with Gasteiger partial charge in [-0.2, -0.15) is 5.10 Å². The minimum atomic E-state index is 0.243. The number of hydrogen-bond donors (Lipinski definition) is 1. The standard InChI is InChI=1S/C17H24N6O/c1-10(2)6-12-7-13(24-22-12)8-18-16-14-9-19-23(5)17(14)21-15(20-16)11(3)4/h7,9-11H,6,8H2,1-5H3,(H,18,20,21). The molecule has 0 saturated heterocycles. The molecule has 0 spiro atoms. The molecule has 0 unspecified atom stereocenters. The SMILES string of the molecule is CC(C)Cc1cc(CNc2nc(C(C)C)nc3c2cnn3C)on1. The maximum atomic E-state index is 5.41. The second-order valence-corrected chi connectivity index (χ2v) is 6.83. The van der Waals surface area contributed by atoms with Gasteiger partial charge in [-0.15, -0.1) is 0 Å². The summed E-state index contributed by atoms with van der Waals surface area (Å²) >= 11 is 0. The van der Waals surface area contributed by atoms with Gasteiger partial charge in [0.15, 0.2) is 11.4 Å². The van der Waals surface area contributed by atoms with Gasteiger partial charge in [-0.05, 0) is 12.3 Å². The molecule has 0 saturated carbocycles. The fraction of sp³-hybridized carbons (Fsp3) is 0.529. The van der Waals surface area contributed by atoms with Gasteiger partial charge in [-0.1, -0.05) is 32.9 Å². The Kier molecular flexibility index (Phi) is 4.51. The topological polar surface area (TPSA) is 81.7 Å². The molecule has 7 nitrogen and oxygen atoms in total. The number of aryl methyl sites for hydroxylation is 1. The molecule has 24 heavy (non-hydrogen) atoms. The third-order valence-electron chi connectivity index (χ3n) is 3.78. The third kappa shape index (κ3) is 3.39. The van der Waals surface area contributed by atoms with Crippen LogP contribution in [0.1, 0.15) is 50.9 Å². The van der Waals surface area contributed by atoms with Crippen molar-refractivity contribution < 1.29 is 4.52 Å². The van der Waals surface area contributed by atoms with Crippen LogP contribution in [0.25, 0.3) is 11.0 Å². The molecule has 3 rings (SSSR count). The summed E-state index contributed by atoms with van der Waals surface area (Å²) in [5.74, 6) is 3.17. The number of hydrogen-bond acceptors (Lipinski definition) is 6. The molecule has 128 valence electrons. The van der Waals surface area contributed by atoms with Crippen molar-refractivity contribution in [1.29, 1.82) is 0 Å². The average molecular weight is 328 g/mol. The van der Waals surface area contributed by atoms with E-state index in [9.17, 15) is 0 Å². The van der Waals surface area contributed by atoms with Gasteiger partial charge >= 0.3 is 0 Å². The zero-order valence-corrected chi connectivity index (χ0v) is 14.9. The van der Waals surface area contributed by atoms with Gasteiger partial charge in [-0.25, -0.2) is 9.97 Å². The highest BCUT2D eigenvalue weighted by Crippen LogP contribution is 2.23. The van der Waals surface area contributed by atoms with Crippen LogP contribution in [0.5, 0.6) is 0 Å². The van der Waals surface area contributed by atoms with E-state index in [1.165, 1.54) is 0 Å². The lowest BCUT2D eigenvalue weighted by Gasteiger charge is -2.09. The molecule has 0 radical (unpaired) electrons. The summed E-state index contributed by atoms with van der Waals surface area (Å²) in [6.07, 6.45) is 2.70. The maximum Gasteiger partial charge on any atom is 0.163 e. The Morgan fingerprint density at radius 1 is 1.21 bits per heavy atom. The van der Waals surface area contributed by atoms with Crippen LogP contribution in [-0.4, -0.2) is 24.9 Å². The molecule has 1 N–H and O–H groups in total. The van der Waals surface area contributed by atoms with Crippen molar-refractivity contribution >= 4 is 16.9 Å². The predicted octanol–water partition coefficient (Wildman–Crippen LogP) is 3.29. The Hall–Kier alpha value is -2.44. The molecule has 0 amide bonds. The summed E-state index contributed by atoms with van der Waals surface area (Å²) in [4.78, 5) is 9.25. The molecule has 0 fully saturated rings. The van der Waals surface area contributed by atoms with Crippen molar-refractivity contribution in [3.8, 4) is 0 Å². The molecule has 3 heterocycles. The van der Waals surface area contributed by atoms with Crippen molar-refractivity contribution in [2.75, 3.05) is 5.32 Å². The molecule has 0 aromatic carbocycles. The molecule has 3 aromatic heterocycles. The van der Waals surface area contributed by atoms with Crippen LogP contribution in [-0.2, 0) is 20.0 Å². The molecular weight excluding hydrogens is 304 g/mol. The van der Waals surface area contributed by atoms with E-state index in [1.54, 1.807) is 10.9 Å². The van der Waals surface area contributed by atoms with E-state index in [-0.39, 0.29) is 5.92 Å².